The molecule has 2 atom stereocenters. The second-order valence-corrected chi connectivity index (χ2v) is 4.55. The molecule has 0 saturated carbocycles. The van der Waals surface area contributed by atoms with E-state index >= 15 is 0 Å². The fourth-order valence-corrected chi connectivity index (χ4v) is 2.64. The lowest BCUT2D eigenvalue weighted by molar-refractivity contribution is -0.149. The highest BCUT2D eigenvalue weighted by atomic mass is 16.4. The summed E-state index contributed by atoms with van der Waals surface area (Å²) in [6, 6.07) is -0.154. The van der Waals surface area contributed by atoms with Gasteiger partial charge in [-0.25, -0.2) is 0 Å². The van der Waals surface area contributed by atoms with Crippen LogP contribution in [0.5, 0.6) is 0 Å². The Balaban J connectivity index is 2.09. The number of nitrogens with zero attached hydrogens (tertiary/aromatic N) is 1. The topological polar surface area (TPSA) is 69.6 Å². The lowest BCUT2D eigenvalue weighted by atomic mass is 9.90. The molecule has 2 rings (SSSR count). The standard InChI is InChI=1S/C11H18N2O3/c14-10-3-1-2-6-13(10)9-7-12-5-4-8(9)11(15)16/h8-9,12H,1-7H2,(H,15,16). The van der Waals surface area contributed by atoms with Crippen LogP contribution in [0.3, 0.4) is 0 Å². The molecule has 2 heterocycles. The normalized spacial score (nSPS) is 31.5. The van der Waals surface area contributed by atoms with E-state index in [2.05, 4.69) is 5.32 Å². The second-order valence-electron chi connectivity index (χ2n) is 4.55. The minimum absolute atomic E-state index is 0.117. The lowest BCUT2D eigenvalue weighted by Gasteiger charge is -2.40. The Bertz CT molecular complexity index is 293. The Morgan fingerprint density at radius 3 is 2.94 bits per heavy atom. The van der Waals surface area contributed by atoms with Gasteiger partial charge in [-0.3, -0.25) is 9.59 Å². The van der Waals surface area contributed by atoms with Crippen molar-refractivity contribution in [3.63, 3.8) is 0 Å². The summed E-state index contributed by atoms with van der Waals surface area (Å²) in [5.41, 5.74) is 0. The first-order valence-corrected chi connectivity index (χ1v) is 5.93. The van der Waals surface area contributed by atoms with E-state index in [1.165, 1.54) is 0 Å². The van der Waals surface area contributed by atoms with Gasteiger partial charge in [-0.1, -0.05) is 0 Å². The zero-order valence-electron chi connectivity index (χ0n) is 9.32. The van der Waals surface area contributed by atoms with Gasteiger partial charge in [0.2, 0.25) is 5.91 Å². The monoisotopic (exact) mass is 226 g/mol. The van der Waals surface area contributed by atoms with Gasteiger partial charge in [0, 0.05) is 19.5 Å². The first-order chi connectivity index (χ1) is 7.70. The van der Waals surface area contributed by atoms with Gasteiger partial charge < -0.3 is 15.3 Å². The lowest BCUT2D eigenvalue weighted by Crippen LogP contribution is -2.56. The number of hydrogen-bond donors (Lipinski definition) is 2. The molecule has 0 bridgehead atoms. The second kappa shape index (κ2) is 4.82. The van der Waals surface area contributed by atoms with Crippen LogP contribution in [0.4, 0.5) is 0 Å². The van der Waals surface area contributed by atoms with Gasteiger partial charge in [0.1, 0.15) is 0 Å². The molecule has 2 aliphatic heterocycles. The molecule has 1 amide bonds. The largest absolute Gasteiger partial charge is 0.481 e. The maximum absolute atomic E-state index is 11.8. The molecule has 2 saturated heterocycles. The highest BCUT2D eigenvalue weighted by molar-refractivity contribution is 5.79. The number of piperidine rings is 2. The highest BCUT2D eigenvalue weighted by Crippen LogP contribution is 2.23. The van der Waals surface area contributed by atoms with E-state index in [0.29, 0.717) is 19.4 Å². The average molecular weight is 226 g/mol. The van der Waals surface area contributed by atoms with Crippen LogP contribution in [-0.2, 0) is 9.59 Å². The first-order valence-electron chi connectivity index (χ1n) is 5.93. The van der Waals surface area contributed by atoms with Crippen molar-refractivity contribution < 1.29 is 14.7 Å². The number of carbonyl (C=O) groups excluding carboxylic acids is 1. The number of hydrogen-bond acceptors (Lipinski definition) is 3. The van der Waals surface area contributed by atoms with Crippen molar-refractivity contribution in [3.8, 4) is 0 Å². The third-order valence-electron chi connectivity index (χ3n) is 3.53. The van der Waals surface area contributed by atoms with Crippen molar-refractivity contribution in [3.05, 3.63) is 0 Å². The molecule has 5 nitrogen and oxygen atoms in total. The molecule has 16 heavy (non-hydrogen) atoms. The van der Waals surface area contributed by atoms with E-state index in [1.54, 1.807) is 4.90 Å². The zero-order valence-corrected chi connectivity index (χ0v) is 9.32. The van der Waals surface area contributed by atoms with Crippen molar-refractivity contribution in [2.24, 2.45) is 5.92 Å². The van der Waals surface area contributed by atoms with Gasteiger partial charge in [-0.15, -0.1) is 0 Å². The third kappa shape index (κ3) is 2.19. The van der Waals surface area contributed by atoms with Crippen LogP contribution >= 0.6 is 0 Å². The summed E-state index contributed by atoms with van der Waals surface area (Å²) in [6.45, 7) is 2.06. The number of aliphatic carboxylic acids is 1. The Hall–Kier alpha value is -1.10. The fraction of sp³-hybridized carbons (Fsp3) is 0.818. The molecule has 2 unspecified atom stereocenters. The quantitative estimate of drug-likeness (QED) is 0.698. The van der Waals surface area contributed by atoms with Gasteiger partial charge in [0.25, 0.3) is 0 Å². The molecule has 2 aliphatic rings. The number of carboxylic acid groups (broad SMARTS) is 1. The number of nitrogens with one attached hydrogen (secondary N) is 1. The minimum Gasteiger partial charge on any atom is -0.481 e. The zero-order chi connectivity index (χ0) is 11.5. The summed E-state index contributed by atoms with van der Waals surface area (Å²) in [7, 11) is 0. The number of likely N-dealkylation sites (tertiary alicyclic amines) is 1. The maximum Gasteiger partial charge on any atom is 0.308 e. The van der Waals surface area contributed by atoms with E-state index in [9.17, 15) is 9.59 Å². The number of amides is 1. The molecule has 0 aliphatic carbocycles. The van der Waals surface area contributed by atoms with E-state index in [0.717, 1.165) is 25.9 Å². The predicted molar refractivity (Wildman–Crippen MR) is 58.0 cm³/mol. The molecule has 0 aromatic rings. The van der Waals surface area contributed by atoms with Gasteiger partial charge >= 0.3 is 5.97 Å². The predicted octanol–water partition coefficient (Wildman–Crippen LogP) is 0.0616. The summed E-state index contributed by atoms with van der Waals surface area (Å²) in [6.07, 6.45) is 3.12. The maximum atomic E-state index is 11.8. The molecule has 0 radical (unpaired) electrons. The summed E-state index contributed by atoms with van der Waals surface area (Å²) < 4.78 is 0. The summed E-state index contributed by atoms with van der Waals surface area (Å²) in [5.74, 6) is -1.06. The van der Waals surface area contributed by atoms with Crippen LogP contribution in [0.1, 0.15) is 25.7 Å². The molecule has 0 spiro atoms. The molecular weight excluding hydrogens is 208 g/mol. The Morgan fingerprint density at radius 1 is 1.44 bits per heavy atom. The minimum atomic E-state index is -0.773. The molecule has 5 heteroatoms. The van der Waals surface area contributed by atoms with Crippen molar-refractivity contribution in [2.75, 3.05) is 19.6 Å². The van der Waals surface area contributed by atoms with Crippen LogP contribution in [0, 0.1) is 5.92 Å². The Labute approximate surface area is 94.8 Å². The number of carboxylic acids is 1. The summed E-state index contributed by atoms with van der Waals surface area (Å²) in [5, 5.41) is 12.3. The third-order valence-corrected chi connectivity index (χ3v) is 3.53. The van der Waals surface area contributed by atoms with Crippen molar-refractivity contribution in [1.29, 1.82) is 0 Å². The van der Waals surface area contributed by atoms with Crippen molar-refractivity contribution >= 4 is 11.9 Å². The van der Waals surface area contributed by atoms with E-state index in [1.807, 2.05) is 0 Å². The Kier molecular flexibility index (Phi) is 3.43. The smallest absolute Gasteiger partial charge is 0.308 e. The van der Waals surface area contributed by atoms with Gasteiger partial charge in [-0.05, 0) is 25.8 Å². The molecule has 2 fully saturated rings. The molecule has 2 N–H and O–H groups in total. The molecular formula is C11H18N2O3. The highest BCUT2D eigenvalue weighted by Gasteiger charge is 2.37. The molecule has 0 aromatic carbocycles. The number of carbonyl (C=O) groups is 2. The first kappa shape index (κ1) is 11.4. The van der Waals surface area contributed by atoms with Crippen molar-refractivity contribution in [2.45, 2.75) is 31.7 Å². The van der Waals surface area contributed by atoms with Crippen LogP contribution in [-0.4, -0.2) is 47.6 Å². The van der Waals surface area contributed by atoms with Crippen LogP contribution in [0.25, 0.3) is 0 Å². The van der Waals surface area contributed by atoms with Crippen LogP contribution < -0.4 is 5.32 Å². The molecule has 90 valence electrons. The Morgan fingerprint density at radius 2 is 2.25 bits per heavy atom. The van der Waals surface area contributed by atoms with E-state index < -0.39 is 11.9 Å². The van der Waals surface area contributed by atoms with Crippen LogP contribution in [0.2, 0.25) is 0 Å². The molecule has 0 aromatic heterocycles. The van der Waals surface area contributed by atoms with Crippen molar-refractivity contribution in [1.82, 2.24) is 10.2 Å². The van der Waals surface area contributed by atoms with Gasteiger partial charge in [0.05, 0.1) is 12.0 Å². The summed E-state index contributed by atoms with van der Waals surface area (Å²) >= 11 is 0. The van der Waals surface area contributed by atoms with E-state index in [-0.39, 0.29) is 11.9 Å². The average Bonchev–Trinajstić information content (AvgIpc) is 2.29. The van der Waals surface area contributed by atoms with Gasteiger partial charge in [-0.2, -0.15) is 0 Å². The van der Waals surface area contributed by atoms with Gasteiger partial charge in [0.15, 0.2) is 0 Å². The summed E-state index contributed by atoms with van der Waals surface area (Å²) in [4.78, 5) is 24.7. The number of rotatable bonds is 2. The SMILES string of the molecule is O=C(O)C1CCNCC1N1CCCCC1=O. The van der Waals surface area contributed by atoms with Crippen LogP contribution in [0.15, 0.2) is 0 Å². The fourth-order valence-electron chi connectivity index (χ4n) is 2.64. The van der Waals surface area contributed by atoms with E-state index in [4.69, 9.17) is 5.11 Å².